The minimum atomic E-state index is -0.329. The lowest BCUT2D eigenvalue weighted by molar-refractivity contribution is -0.128. The third-order valence-electron chi connectivity index (χ3n) is 5.90. The molecule has 0 atom stereocenters. The maximum atomic E-state index is 12.0. The molecule has 0 radical (unpaired) electrons. The van der Waals surface area contributed by atoms with Gasteiger partial charge in [-0.2, -0.15) is 0 Å². The van der Waals surface area contributed by atoms with E-state index in [0.29, 0.717) is 6.61 Å². The van der Waals surface area contributed by atoms with E-state index in [4.69, 9.17) is 9.72 Å². The summed E-state index contributed by atoms with van der Waals surface area (Å²) in [6, 6.07) is 14.5. The second-order valence-corrected chi connectivity index (χ2v) is 9.53. The number of aromatic nitrogens is 2. The van der Waals surface area contributed by atoms with E-state index in [0.717, 1.165) is 61.4 Å². The summed E-state index contributed by atoms with van der Waals surface area (Å²) < 4.78 is 8.41. The Morgan fingerprint density at radius 1 is 1.03 bits per heavy atom. The van der Waals surface area contributed by atoms with Crippen LogP contribution in [0.15, 0.2) is 42.5 Å². The van der Waals surface area contributed by atoms with Crippen molar-refractivity contribution in [2.45, 2.75) is 66.8 Å². The molecule has 0 saturated heterocycles. The number of rotatable bonds is 10. The summed E-state index contributed by atoms with van der Waals surface area (Å²) in [5, 5.41) is 3.03. The first kappa shape index (κ1) is 23.8. The number of para-hydroxylation sites is 2. The van der Waals surface area contributed by atoms with Gasteiger partial charge in [-0.25, -0.2) is 4.98 Å². The number of benzene rings is 2. The largest absolute Gasteiger partial charge is 0.491 e. The van der Waals surface area contributed by atoms with Crippen molar-refractivity contribution in [3.63, 3.8) is 0 Å². The van der Waals surface area contributed by atoms with Crippen LogP contribution >= 0.6 is 0 Å². The Morgan fingerprint density at radius 2 is 1.81 bits per heavy atom. The van der Waals surface area contributed by atoms with Crippen LogP contribution in [0.25, 0.3) is 11.0 Å². The van der Waals surface area contributed by atoms with Gasteiger partial charge in [-0.15, -0.1) is 0 Å². The average Bonchev–Trinajstić information content (AvgIpc) is 3.10. The molecule has 0 aliphatic carbocycles. The first-order chi connectivity index (χ1) is 15.3. The second-order valence-electron chi connectivity index (χ2n) is 9.53. The molecule has 1 amide bonds. The van der Waals surface area contributed by atoms with Gasteiger partial charge in [0.15, 0.2) is 0 Å². The summed E-state index contributed by atoms with van der Waals surface area (Å²) in [6.45, 7) is 12.1. The highest BCUT2D eigenvalue weighted by Crippen LogP contribution is 2.22. The van der Waals surface area contributed by atoms with Crippen molar-refractivity contribution >= 4 is 16.9 Å². The van der Waals surface area contributed by atoms with Gasteiger partial charge >= 0.3 is 0 Å². The quantitative estimate of drug-likeness (QED) is 0.421. The number of unbranched alkanes of at least 4 members (excludes halogenated alkanes) is 2. The lowest BCUT2D eigenvalue weighted by Crippen LogP contribution is -2.35. The van der Waals surface area contributed by atoms with Crippen molar-refractivity contribution in [1.29, 1.82) is 0 Å². The van der Waals surface area contributed by atoms with Crippen LogP contribution in [0.3, 0.4) is 0 Å². The van der Waals surface area contributed by atoms with Gasteiger partial charge in [0, 0.05) is 18.4 Å². The van der Waals surface area contributed by atoms with Crippen LogP contribution < -0.4 is 10.1 Å². The van der Waals surface area contributed by atoms with E-state index in [9.17, 15) is 4.79 Å². The molecule has 172 valence electrons. The monoisotopic (exact) mass is 435 g/mol. The van der Waals surface area contributed by atoms with E-state index in [1.807, 2.05) is 39.0 Å². The van der Waals surface area contributed by atoms with Gasteiger partial charge in [-0.05, 0) is 56.0 Å². The molecule has 1 N–H and O–H groups in total. The van der Waals surface area contributed by atoms with Crippen molar-refractivity contribution < 1.29 is 9.53 Å². The van der Waals surface area contributed by atoms with Crippen LogP contribution in [0.2, 0.25) is 0 Å². The van der Waals surface area contributed by atoms with Crippen molar-refractivity contribution in [3.8, 4) is 5.75 Å². The molecule has 1 aromatic heterocycles. The third kappa shape index (κ3) is 6.12. The molecular weight excluding hydrogens is 398 g/mol. The Hall–Kier alpha value is -2.82. The smallest absolute Gasteiger partial charge is 0.225 e. The Labute approximate surface area is 192 Å². The lowest BCUT2D eigenvalue weighted by Gasteiger charge is -2.17. The summed E-state index contributed by atoms with van der Waals surface area (Å²) in [7, 11) is 0. The van der Waals surface area contributed by atoms with Crippen molar-refractivity contribution in [1.82, 2.24) is 14.9 Å². The molecule has 32 heavy (non-hydrogen) atoms. The molecule has 0 fully saturated rings. The highest BCUT2D eigenvalue weighted by atomic mass is 16.5. The summed E-state index contributed by atoms with van der Waals surface area (Å²) in [5.41, 5.74) is 4.30. The highest BCUT2D eigenvalue weighted by molar-refractivity contribution is 5.81. The predicted octanol–water partition coefficient (Wildman–Crippen LogP) is 5.61. The number of aryl methyl sites for hydroxylation is 2. The Kier molecular flexibility index (Phi) is 7.94. The van der Waals surface area contributed by atoms with Crippen LogP contribution in [0.4, 0.5) is 0 Å². The zero-order valence-corrected chi connectivity index (χ0v) is 20.2. The summed E-state index contributed by atoms with van der Waals surface area (Å²) in [4.78, 5) is 16.9. The summed E-state index contributed by atoms with van der Waals surface area (Å²) in [5.74, 6) is 2.17. The topological polar surface area (TPSA) is 56.1 Å². The minimum absolute atomic E-state index is 0.114. The molecule has 0 spiro atoms. The molecule has 3 aromatic rings. The van der Waals surface area contributed by atoms with Gasteiger partial charge in [0.2, 0.25) is 5.91 Å². The molecule has 5 heteroatoms. The van der Waals surface area contributed by atoms with E-state index in [1.54, 1.807) is 0 Å². The molecule has 0 aliphatic heterocycles. The molecule has 5 nitrogen and oxygen atoms in total. The van der Waals surface area contributed by atoms with Crippen molar-refractivity contribution in [2.24, 2.45) is 5.41 Å². The normalized spacial score (nSPS) is 11.7. The minimum Gasteiger partial charge on any atom is -0.491 e. The molecular formula is C27H37N3O2. The molecule has 0 saturated carbocycles. The number of nitrogens with zero attached hydrogens (tertiary/aromatic N) is 2. The molecule has 3 rings (SSSR count). The van der Waals surface area contributed by atoms with Crippen LogP contribution in [0.5, 0.6) is 5.75 Å². The predicted molar refractivity (Wildman–Crippen MR) is 131 cm³/mol. The number of carbonyl (C=O) groups excluding carboxylic acids is 1. The van der Waals surface area contributed by atoms with E-state index in [-0.39, 0.29) is 11.3 Å². The number of fused-ring (bicyclic) bond motifs is 1. The maximum Gasteiger partial charge on any atom is 0.225 e. The van der Waals surface area contributed by atoms with Crippen molar-refractivity contribution in [3.05, 3.63) is 59.4 Å². The Bertz CT molecular complexity index is 1050. The number of nitrogens with one attached hydrogen (secondary N) is 1. The van der Waals surface area contributed by atoms with Gasteiger partial charge in [-0.3, -0.25) is 4.79 Å². The fraction of sp³-hybridized carbons (Fsp3) is 0.481. The maximum absolute atomic E-state index is 12.0. The first-order valence-electron chi connectivity index (χ1n) is 11.7. The molecule has 0 bridgehead atoms. The zero-order chi connectivity index (χ0) is 23.1. The van der Waals surface area contributed by atoms with Crippen LogP contribution in [0, 0.1) is 19.3 Å². The SMILES string of the molecule is Cc1cccc(OCCn2c(CCCCCNC(=O)C(C)(C)C)nc3ccccc32)c1C. The number of ether oxygens (including phenoxy) is 1. The zero-order valence-electron chi connectivity index (χ0n) is 20.2. The number of carbonyl (C=O) groups is 1. The van der Waals surface area contributed by atoms with Gasteiger partial charge < -0.3 is 14.6 Å². The van der Waals surface area contributed by atoms with E-state index < -0.39 is 0 Å². The average molecular weight is 436 g/mol. The molecule has 1 heterocycles. The molecule has 0 aliphatic rings. The van der Waals surface area contributed by atoms with Gasteiger partial charge in [0.25, 0.3) is 0 Å². The molecule has 0 unspecified atom stereocenters. The standard InChI is InChI=1S/C27H37N3O2/c1-20-12-11-15-24(21(20)2)32-19-18-30-23-14-9-8-13-22(23)29-25(30)16-7-6-10-17-28-26(31)27(3,4)5/h8-9,11-15H,6-7,10,16-19H2,1-5H3,(H,28,31). The highest BCUT2D eigenvalue weighted by Gasteiger charge is 2.20. The van der Waals surface area contributed by atoms with Crippen LogP contribution in [-0.4, -0.2) is 28.6 Å². The van der Waals surface area contributed by atoms with E-state index in [2.05, 4.69) is 48.0 Å². The second kappa shape index (κ2) is 10.7. The first-order valence-corrected chi connectivity index (χ1v) is 11.7. The van der Waals surface area contributed by atoms with Gasteiger partial charge in [-0.1, -0.05) is 51.5 Å². The number of hydrogen-bond donors (Lipinski definition) is 1. The number of amides is 1. The fourth-order valence-electron chi connectivity index (χ4n) is 3.75. The Morgan fingerprint density at radius 3 is 2.59 bits per heavy atom. The van der Waals surface area contributed by atoms with E-state index in [1.165, 1.54) is 11.1 Å². The van der Waals surface area contributed by atoms with Crippen molar-refractivity contribution in [2.75, 3.05) is 13.2 Å². The third-order valence-corrected chi connectivity index (χ3v) is 5.90. The lowest BCUT2D eigenvalue weighted by atomic mass is 9.96. The number of hydrogen-bond acceptors (Lipinski definition) is 3. The fourth-order valence-corrected chi connectivity index (χ4v) is 3.75. The van der Waals surface area contributed by atoms with E-state index >= 15 is 0 Å². The van der Waals surface area contributed by atoms with Gasteiger partial charge in [0.05, 0.1) is 17.6 Å². The van der Waals surface area contributed by atoms with Crippen LogP contribution in [0.1, 0.15) is 57.0 Å². The van der Waals surface area contributed by atoms with Gasteiger partial charge in [0.1, 0.15) is 18.2 Å². The summed E-state index contributed by atoms with van der Waals surface area (Å²) >= 11 is 0. The Balaban J connectivity index is 1.56. The summed E-state index contributed by atoms with van der Waals surface area (Å²) in [6.07, 6.45) is 4.02. The van der Waals surface area contributed by atoms with Crippen LogP contribution in [-0.2, 0) is 17.8 Å². The molecule has 2 aromatic carbocycles. The number of imidazole rings is 1.